The number of hydrogen-bond acceptors (Lipinski definition) is 3. The van der Waals surface area contributed by atoms with Gasteiger partial charge in [0, 0.05) is 38.9 Å². The van der Waals surface area contributed by atoms with Crippen molar-refractivity contribution in [2.45, 2.75) is 26.8 Å². The van der Waals surface area contributed by atoms with Crippen molar-refractivity contribution in [1.29, 1.82) is 0 Å². The van der Waals surface area contributed by atoms with Crippen LogP contribution in [0.2, 0.25) is 0 Å². The van der Waals surface area contributed by atoms with E-state index < -0.39 is 0 Å². The summed E-state index contributed by atoms with van der Waals surface area (Å²) in [5.41, 5.74) is 4.92. The number of piperazine rings is 1. The van der Waals surface area contributed by atoms with E-state index in [4.69, 9.17) is 0 Å². The number of nitrogens with zero attached hydrogens (tertiary/aromatic N) is 4. The van der Waals surface area contributed by atoms with E-state index in [1.165, 1.54) is 5.56 Å². The summed E-state index contributed by atoms with van der Waals surface area (Å²) in [6.07, 6.45) is 2.77. The van der Waals surface area contributed by atoms with Crippen molar-refractivity contribution >= 4 is 11.6 Å². The van der Waals surface area contributed by atoms with Crippen LogP contribution in [0.5, 0.6) is 0 Å². The van der Waals surface area contributed by atoms with Gasteiger partial charge in [0.25, 0.3) is 5.91 Å². The Morgan fingerprint density at radius 2 is 1.78 bits per heavy atom. The molecule has 0 atom stereocenters. The molecule has 1 aliphatic rings. The maximum Gasteiger partial charge on any atom is 0.272 e. The Morgan fingerprint density at radius 3 is 2.48 bits per heavy atom. The van der Waals surface area contributed by atoms with Gasteiger partial charge in [0.05, 0.1) is 5.69 Å². The number of pyridine rings is 1. The van der Waals surface area contributed by atoms with Crippen LogP contribution in [0.1, 0.15) is 34.2 Å². The normalized spacial score (nSPS) is 15.4. The van der Waals surface area contributed by atoms with Crippen molar-refractivity contribution in [1.82, 2.24) is 19.2 Å². The van der Waals surface area contributed by atoms with E-state index in [0.29, 0.717) is 0 Å². The number of aromatic nitrogens is 2. The first kappa shape index (κ1) is 17.7. The van der Waals surface area contributed by atoms with Crippen LogP contribution in [-0.2, 0) is 13.0 Å². The highest BCUT2D eigenvalue weighted by Gasteiger charge is 2.26. The Balaban J connectivity index is 1.50. The number of fused-ring (bicyclic) bond motifs is 1. The number of imidazole rings is 1. The maximum absolute atomic E-state index is 13.3. The molecule has 0 bridgehead atoms. The van der Waals surface area contributed by atoms with Crippen molar-refractivity contribution in [3.8, 4) is 0 Å². The highest BCUT2D eigenvalue weighted by atomic mass is 16.2. The molecule has 5 nitrogen and oxygen atoms in total. The molecule has 1 saturated heterocycles. The lowest BCUT2D eigenvalue weighted by atomic mass is 10.2. The van der Waals surface area contributed by atoms with Crippen LogP contribution in [-0.4, -0.2) is 51.3 Å². The second-order valence-corrected chi connectivity index (χ2v) is 7.25. The zero-order valence-corrected chi connectivity index (χ0v) is 16.1. The molecular weight excluding hydrogens is 336 g/mol. The minimum absolute atomic E-state index is 0.101. The van der Waals surface area contributed by atoms with Crippen molar-refractivity contribution in [2.24, 2.45) is 0 Å². The van der Waals surface area contributed by atoms with Gasteiger partial charge in [0.2, 0.25) is 0 Å². The highest BCUT2D eigenvalue weighted by Crippen LogP contribution is 2.18. The van der Waals surface area contributed by atoms with Gasteiger partial charge >= 0.3 is 0 Å². The van der Waals surface area contributed by atoms with Gasteiger partial charge in [-0.2, -0.15) is 0 Å². The Labute approximate surface area is 160 Å². The summed E-state index contributed by atoms with van der Waals surface area (Å²) in [5, 5.41) is 0. The summed E-state index contributed by atoms with van der Waals surface area (Å²) in [5.74, 6) is 0.101. The van der Waals surface area contributed by atoms with Gasteiger partial charge in [-0.25, -0.2) is 4.98 Å². The molecule has 1 fully saturated rings. The number of rotatable bonds is 4. The Kier molecular flexibility index (Phi) is 4.94. The lowest BCUT2D eigenvalue weighted by Crippen LogP contribution is -2.48. The topological polar surface area (TPSA) is 40.9 Å². The molecule has 1 amide bonds. The molecular formula is C22H26N4O. The predicted octanol–water partition coefficient (Wildman–Crippen LogP) is 3.16. The van der Waals surface area contributed by atoms with Crippen LogP contribution < -0.4 is 0 Å². The molecule has 0 N–H and O–H groups in total. The van der Waals surface area contributed by atoms with Crippen molar-refractivity contribution in [2.75, 3.05) is 26.2 Å². The molecule has 1 aliphatic heterocycles. The van der Waals surface area contributed by atoms with Crippen LogP contribution >= 0.6 is 0 Å². The fraction of sp³-hybridized carbons (Fsp3) is 0.364. The zero-order chi connectivity index (χ0) is 18.8. The summed E-state index contributed by atoms with van der Waals surface area (Å²) >= 11 is 0. The largest absolute Gasteiger partial charge is 0.335 e. The minimum Gasteiger partial charge on any atom is -0.335 e. The van der Waals surface area contributed by atoms with Crippen LogP contribution in [0.3, 0.4) is 0 Å². The smallest absolute Gasteiger partial charge is 0.272 e. The summed E-state index contributed by atoms with van der Waals surface area (Å²) in [6.45, 7) is 8.36. The van der Waals surface area contributed by atoms with E-state index >= 15 is 0 Å². The molecule has 2 aromatic heterocycles. The number of hydrogen-bond donors (Lipinski definition) is 0. The second kappa shape index (κ2) is 7.53. The van der Waals surface area contributed by atoms with E-state index in [0.717, 1.165) is 61.7 Å². The number of aryl methyl sites for hydroxylation is 2. The van der Waals surface area contributed by atoms with E-state index in [2.05, 4.69) is 41.1 Å². The molecule has 0 aliphatic carbocycles. The molecule has 3 heterocycles. The molecule has 27 heavy (non-hydrogen) atoms. The third kappa shape index (κ3) is 3.60. The van der Waals surface area contributed by atoms with Crippen molar-refractivity contribution < 1.29 is 4.79 Å². The molecule has 3 aromatic rings. The summed E-state index contributed by atoms with van der Waals surface area (Å²) < 4.78 is 1.97. The fourth-order valence-electron chi connectivity index (χ4n) is 3.77. The Hall–Kier alpha value is -2.66. The standard InChI is InChI=1S/C22H26N4O/c1-3-19-21(26-15-17(2)9-10-20(26)23-19)22(27)25-13-11-24(12-14-25)16-18-7-5-4-6-8-18/h4-10,15H,3,11-14,16H2,1-2H3. The van der Waals surface area contributed by atoms with Gasteiger partial charge < -0.3 is 4.90 Å². The van der Waals surface area contributed by atoms with Crippen LogP contribution in [0.4, 0.5) is 0 Å². The second-order valence-electron chi connectivity index (χ2n) is 7.25. The molecule has 4 rings (SSSR count). The summed E-state index contributed by atoms with van der Waals surface area (Å²) in [4.78, 5) is 22.3. The summed E-state index contributed by atoms with van der Waals surface area (Å²) in [7, 11) is 0. The van der Waals surface area contributed by atoms with Gasteiger partial charge in [-0.05, 0) is 30.5 Å². The molecule has 1 aromatic carbocycles. The number of carbonyl (C=O) groups excluding carboxylic acids is 1. The third-order valence-electron chi connectivity index (χ3n) is 5.28. The van der Waals surface area contributed by atoms with Crippen molar-refractivity contribution in [3.63, 3.8) is 0 Å². The fourth-order valence-corrected chi connectivity index (χ4v) is 3.77. The Bertz CT molecular complexity index is 940. The molecule has 0 saturated carbocycles. The highest BCUT2D eigenvalue weighted by molar-refractivity contribution is 5.95. The lowest BCUT2D eigenvalue weighted by molar-refractivity contribution is 0.0620. The summed E-state index contributed by atoms with van der Waals surface area (Å²) in [6, 6.07) is 14.5. The first-order valence-electron chi connectivity index (χ1n) is 9.69. The average molecular weight is 362 g/mol. The number of amides is 1. The average Bonchev–Trinajstić information content (AvgIpc) is 3.06. The van der Waals surface area contributed by atoms with E-state index in [1.807, 2.05) is 40.6 Å². The number of carbonyl (C=O) groups is 1. The monoisotopic (exact) mass is 362 g/mol. The first-order valence-corrected chi connectivity index (χ1v) is 9.69. The zero-order valence-electron chi connectivity index (χ0n) is 16.1. The van der Waals surface area contributed by atoms with Crippen LogP contribution in [0.25, 0.3) is 5.65 Å². The third-order valence-corrected chi connectivity index (χ3v) is 5.28. The van der Waals surface area contributed by atoms with Gasteiger partial charge in [-0.15, -0.1) is 0 Å². The molecule has 0 radical (unpaired) electrons. The number of benzene rings is 1. The van der Waals surface area contributed by atoms with E-state index in [-0.39, 0.29) is 5.91 Å². The first-order chi connectivity index (χ1) is 13.2. The Morgan fingerprint density at radius 1 is 1.04 bits per heavy atom. The quantitative estimate of drug-likeness (QED) is 0.716. The molecule has 140 valence electrons. The van der Waals surface area contributed by atoms with Gasteiger partial charge in [0.1, 0.15) is 11.3 Å². The molecule has 0 unspecified atom stereocenters. The van der Waals surface area contributed by atoms with E-state index in [9.17, 15) is 4.79 Å². The predicted molar refractivity (Wildman–Crippen MR) is 107 cm³/mol. The van der Waals surface area contributed by atoms with Crippen LogP contribution in [0, 0.1) is 6.92 Å². The molecule has 5 heteroatoms. The minimum atomic E-state index is 0.101. The van der Waals surface area contributed by atoms with Crippen molar-refractivity contribution in [3.05, 3.63) is 71.2 Å². The van der Waals surface area contributed by atoms with E-state index in [1.54, 1.807) is 0 Å². The van der Waals surface area contributed by atoms with Crippen LogP contribution in [0.15, 0.2) is 48.7 Å². The van der Waals surface area contributed by atoms with Gasteiger partial charge in [-0.1, -0.05) is 43.3 Å². The lowest BCUT2D eigenvalue weighted by Gasteiger charge is -2.34. The van der Waals surface area contributed by atoms with Gasteiger partial charge in [0.15, 0.2) is 0 Å². The van der Waals surface area contributed by atoms with Gasteiger partial charge in [-0.3, -0.25) is 14.1 Å². The molecule has 0 spiro atoms. The SMILES string of the molecule is CCc1nc2ccc(C)cn2c1C(=O)N1CCN(Cc2ccccc2)CC1. The maximum atomic E-state index is 13.3.